The van der Waals surface area contributed by atoms with Gasteiger partial charge in [-0.2, -0.15) is 0 Å². The molecule has 12 aliphatic rings. The maximum Gasteiger partial charge on any atom is 0.408 e. The molecule has 3 saturated heterocycles. The number of nitrogens with zero attached hydrogens (tertiary/aromatic N) is 9. The smallest absolute Gasteiger partial charge is 0.408 e. The summed E-state index contributed by atoms with van der Waals surface area (Å²) < 4.78 is 54.4. The Morgan fingerprint density at radius 1 is 0.444 bits per heavy atom. The molecule has 719 valence electrons. The first-order valence-corrected chi connectivity index (χ1v) is 48.1. The van der Waals surface area contributed by atoms with E-state index < -0.39 is 87.9 Å². The molecule has 133 heavy (non-hydrogen) atoms. The van der Waals surface area contributed by atoms with E-state index in [0.29, 0.717) is 100 Å². The number of benzene rings is 3. The third-order valence-corrected chi connectivity index (χ3v) is 30.3. The predicted octanol–water partition coefficient (Wildman–Crippen LogP) is 15.8. The molecule has 3 radical (unpaired) electrons. The molecule has 3 aromatic heterocycles. The summed E-state index contributed by atoms with van der Waals surface area (Å²) in [6.45, 7) is 25.8. The average Bonchev–Trinajstić information content (AvgIpc) is 1.55. The molecular formula is C102H135N10O18V3-3. The van der Waals surface area contributed by atoms with Gasteiger partial charge < -0.3 is 77.0 Å². The summed E-state index contributed by atoms with van der Waals surface area (Å²) in [5, 5.41) is 2.91. The van der Waals surface area contributed by atoms with Gasteiger partial charge >= 0.3 is 18.0 Å². The number of aromatic nitrogens is 6. The van der Waals surface area contributed by atoms with E-state index in [0.717, 1.165) is 174 Å². The van der Waals surface area contributed by atoms with Crippen LogP contribution in [-0.2, 0) is 127 Å². The topological polar surface area (TPSA) is 336 Å². The molecule has 18 rings (SSSR count). The van der Waals surface area contributed by atoms with E-state index in [2.05, 4.69) is 31.1 Å². The van der Waals surface area contributed by atoms with Crippen LogP contribution in [-0.4, -0.2) is 200 Å². The minimum absolute atomic E-state index is 0. The Morgan fingerprint density at radius 2 is 0.842 bits per heavy atom. The van der Waals surface area contributed by atoms with Crippen molar-refractivity contribution in [3.05, 3.63) is 71.7 Å². The molecule has 3 aromatic carbocycles. The number of rotatable bonds is 9. The van der Waals surface area contributed by atoms with Crippen LogP contribution in [0.1, 0.15) is 255 Å². The molecule has 4 amide bonds. The Balaban J connectivity index is 0.000000178. The molecule has 0 unspecified atom stereocenters. The molecule has 1 N–H and O–H groups in total. The summed E-state index contributed by atoms with van der Waals surface area (Å²) in [5.74, 6) is 2.18. The van der Waals surface area contributed by atoms with Crippen LogP contribution in [0.5, 0.6) is 34.9 Å². The summed E-state index contributed by atoms with van der Waals surface area (Å²) in [4.78, 5) is 154. The van der Waals surface area contributed by atoms with E-state index in [-0.39, 0.29) is 142 Å². The van der Waals surface area contributed by atoms with Crippen molar-refractivity contribution in [3.8, 4) is 34.9 Å². The molecule has 0 spiro atoms. The fraction of sp³-hybridized carbons (Fsp3) is 0.676. The number of fused-ring (bicyclic) bond motifs is 14. The molecule has 31 heteroatoms. The maximum absolute atomic E-state index is 14.2. The van der Waals surface area contributed by atoms with Crippen molar-refractivity contribution in [1.29, 1.82) is 0 Å². The minimum atomic E-state index is -0.891. The predicted molar refractivity (Wildman–Crippen MR) is 487 cm³/mol. The van der Waals surface area contributed by atoms with E-state index in [9.17, 15) is 43.2 Å². The molecule has 8 bridgehead atoms. The van der Waals surface area contributed by atoms with Crippen LogP contribution in [0, 0.1) is 81.3 Å². The van der Waals surface area contributed by atoms with Gasteiger partial charge in [-0.15, -0.1) is 0 Å². The Hall–Kier alpha value is -8.14. The quantitative estimate of drug-likeness (QED) is 0.0798. The van der Waals surface area contributed by atoms with Crippen LogP contribution >= 0.6 is 0 Å². The molecule has 6 aromatic rings. The third-order valence-electron chi connectivity index (χ3n) is 30.3. The van der Waals surface area contributed by atoms with Gasteiger partial charge in [0.2, 0.25) is 35.4 Å². The standard InChI is InChI=1S/C35H46N3O6.C34H46N3O6.C33H43N4O6.3V/c1-20-29(19-39)38-18-30(20)43-33-27(36-26-12-11-24(42-5)16-28(26)37-33)10-8-6-7-9-22-13-21-14-23(15-21)32(22)44-31(40)17-25(34(38)41)35(2,3)4;1-7-15-34-18-22(34)11-9-8-10-12-26-31(36-27-16-23(41-6)13-14-25(27)35-26)42-29-19-37(28(20-38)21(29)2)32(40)24(33(3,4)5)17-30(39)43-34;1-19-26(18-38)37-17-27(19)42-29-24(34-23-14-13-22(41-5)15-25(23)35-29)10-8-6-7-9-21-16-33(21,20-11-12-20)43-31(40)36-28(30(37)39)32(2,3)4;;;/h11-12,16,20-23,25,29-30,32H,6-10,13-15,17-18H2,1-5H3;13-14,16,21-22,24,28-29H,7-12,15,17-19H2,1-6H3;13-15,19-21,26-28H,6-12,16-17H2,1-5H3,(H,36,40);;;/q3*-1;;;/t20-,21?,22+,23?,25+,29+,30-,32-;21-,22+,24+,28+,29-,34+;19-,21+,26+,27-,28+,33-;;;/m000.../s1. The maximum atomic E-state index is 14.2. The second kappa shape index (κ2) is 43.3. The van der Waals surface area contributed by atoms with Gasteiger partial charge in [-0.1, -0.05) is 153 Å². The average molecular weight is 1940 g/mol. The van der Waals surface area contributed by atoms with Gasteiger partial charge in [0.1, 0.15) is 76.0 Å². The zero-order valence-corrected chi connectivity index (χ0v) is 84.6. The fourth-order valence-corrected chi connectivity index (χ4v) is 22.0. The summed E-state index contributed by atoms with van der Waals surface area (Å²) in [6.07, 6.45) is 27.3. The molecule has 9 fully saturated rings. The number of carbonyl (C=O) groups is 6. The summed E-state index contributed by atoms with van der Waals surface area (Å²) in [5.41, 5.74) is 4.08. The SMILES string of the molecule is CCC[C@@]12C[C@H]1CCCCCc1nc3ccc(OC)cc3nc1O[C@H]1CN(C(=O)[C@H](C(C)(C)C)CC(=O)O2)[C@H]([C-]=O)[C@@H]1C.COc1ccc2nc3c(nc2c1)O[C@H]1CN(C(=O)[C@H](C(C)(C)C)CC(=O)O[C@@H]2C4CC(C4)C[C@H]2CCCCC3)[C@H]([C-]=O)[C@@H]1C.COc1ccc2nc3c(nc2c1)O[C@H]1CN(C(=O)[C@H](C(C)(C)C)NC(=O)O[C@]2(C4CC4)C[C@H]2CCCCC3)[C@H]([C-]=O)[C@@H]1C.[V].[V].[V]. The Morgan fingerprint density at radius 3 is 1.23 bits per heavy atom. The van der Waals surface area contributed by atoms with Gasteiger partial charge in [0.25, 0.3) is 0 Å². The Bertz CT molecular complexity index is 5170. The number of hydrogen-bond acceptors (Lipinski definition) is 24. The van der Waals surface area contributed by atoms with Gasteiger partial charge in [0.15, 0.2) is 0 Å². The second-order valence-electron chi connectivity index (χ2n) is 42.4. The fourth-order valence-electron chi connectivity index (χ4n) is 22.0. The van der Waals surface area contributed by atoms with Crippen molar-refractivity contribution in [3.63, 3.8) is 0 Å². The van der Waals surface area contributed by atoms with Gasteiger partial charge in [-0.25, -0.2) is 53.6 Å². The molecule has 9 heterocycles. The number of methoxy groups -OCH3 is 3. The van der Waals surface area contributed by atoms with Crippen molar-refractivity contribution < 1.29 is 141 Å². The first-order valence-electron chi connectivity index (χ1n) is 48.1. The van der Waals surface area contributed by atoms with Crippen LogP contribution in [0.2, 0.25) is 0 Å². The van der Waals surface area contributed by atoms with E-state index in [1.807, 2.05) is 138 Å². The number of carbonyl (C=O) groups excluding carboxylic acids is 9. The van der Waals surface area contributed by atoms with Crippen molar-refractivity contribution in [1.82, 2.24) is 49.9 Å². The van der Waals surface area contributed by atoms with E-state index >= 15 is 0 Å². The van der Waals surface area contributed by atoms with Gasteiger partial charge in [0, 0.05) is 85.7 Å². The number of alkyl carbamates (subject to hydrolysis) is 1. The molecule has 28 nitrogen and oxygen atoms in total. The summed E-state index contributed by atoms with van der Waals surface area (Å²) >= 11 is 0. The number of amides is 4. The molecule has 18 atom stereocenters. The van der Waals surface area contributed by atoms with Crippen molar-refractivity contribution >= 4 is 87.7 Å². The van der Waals surface area contributed by atoms with E-state index in [1.165, 1.54) is 4.90 Å². The molecule has 6 aliphatic carbocycles. The summed E-state index contributed by atoms with van der Waals surface area (Å²) in [7, 11) is 4.83. The van der Waals surface area contributed by atoms with Crippen molar-refractivity contribution in [2.45, 2.75) is 317 Å². The Kier molecular flexibility index (Phi) is 33.8. The first kappa shape index (κ1) is 104. The van der Waals surface area contributed by atoms with E-state index in [1.54, 1.807) is 31.1 Å². The zero-order valence-electron chi connectivity index (χ0n) is 80.4. The first-order chi connectivity index (χ1) is 62.1. The van der Waals surface area contributed by atoms with Gasteiger partial charge in [0.05, 0.1) is 98.7 Å². The number of nitrogens with one attached hydrogen (secondary N) is 1. The van der Waals surface area contributed by atoms with Crippen molar-refractivity contribution in [2.75, 3.05) is 41.0 Å². The zero-order chi connectivity index (χ0) is 92.6. The second-order valence-corrected chi connectivity index (χ2v) is 42.4. The Labute approximate surface area is 819 Å². The largest absolute Gasteiger partial charge is 0.540 e. The molecular weight excluding hydrogens is 1810 g/mol. The van der Waals surface area contributed by atoms with Crippen LogP contribution < -0.4 is 33.7 Å². The molecule has 6 saturated carbocycles. The normalized spacial score (nSPS) is 31.1. The van der Waals surface area contributed by atoms with Crippen LogP contribution in [0.3, 0.4) is 0 Å². The summed E-state index contributed by atoms with van der Waals surface area (Å²) in [6, 6.07) is 13.5. The number of esters is 2. The van der Waals surface area contributed by atoms with Crippen molar-refractivity contribution in [2.24, 2.45) is 81.3 Å². The monoisotopic (exact) mass is 1940 g/mol. The van der Waals surface area contributed by atoms with Gasteiger partial charge in [-0.3, -0.25) is 24.0 Å². The molecule has 6 aliphatic heterocycles. The van der Waals surface area contributed by atoms with Crippen LogP contribution in [0.4, 0.5) is 4.79 Å². The van der Waals surface area contributed by atoms with Gasteiger partial charge in [-0.05, 0) is 203 Å². The third kappa shape index (κ3) is 23.2. The minimum Gasteiger partial charge on any atom is -0.540 e. The van der Waals surface area contributed by atoms with Crippen LogP contribution in [0.15, 0.2) is 54.6 Å². The van der Waals surface area contributed by atoms with Crippen LogP contribution in [0.25, 0.3) is 33.1 Å². The van der Waals surface area contributed by atoms with E-state index in [4.69, 9.17) is 72.5 Å². The number of hydrogen-bond donors (Lipinski definition) is 1. The number of ether oxygens (including phenoxy) is 9. The number of aryl methyl sites for hydroxylation is 3.